The summed E-state index contributed by atoms with van der Waals surface area (Å²) < 4.78 is 20.8. The Bertz CT molecular complexity index is 848. The number of aliphatic hydroxyl groups is 1. The zero-order chi connectivity index (χ0) is 26.8. The maximum absolute atomic E-state index is 12.6. The topological polar surface area (TPSA) is 137 Å². The summed E-state index contributed by atoms with van der Waals surface area (Å²) in [4.78, 5) is 49.7. The first-order valence-electron chi connectivity index (χ1n) is 11.5. The quantitative estimate of drug-likeness (QED) is 0.350. The van der Waals surface area contributed by atoms with Crippen molar-refractivity contribution >= 4 is 24.0 Å². The van der Waals surface area contributed by atoms with Crippen molar-refractivity contribution in [1.29, 1.82) is 0 Å². The number of rotatable bonds is 11. The van der Waals surface area contributed by atoms with Crippen LogP contribution in [0.3, 0.4) is 0 Å². The summed E-state index contributed by atoms with van der Waals surface area (Å²) in [6.07, 6.45) is -4.37. The molecule has 0 spiro atoms. The van der Waals surface area contributed by atoms with E-state index in [1.54, 1.807) is 52.0 Å². The molecule has 0 bridgehead atoms. The minimum Gasteiger partial charge on any atom is -0.457 e. The van der Waals surface area contributed by atoms with E-state index in [9.17, 15) is 24.3 Å². The number of esters is 3. The van der Waals surface area contributed by atoms with Gasteiger partial charge >= 0.3 is 24.0 Å². The third-order valence-electron chi connectivity index (χ3n) is 4.89. The average molecular weight is 496 g/mol. The molecular formula is C25H37NO9. The molecule has 196 valence electrons. The molecule has 1 amide bonds. The molecule has 10 heteroatoms. The Labute approximate surface area is 206 Å². The van der Waals surface area contributed by atoms with Crippen molar-refractivity contribution in [2.24, 2.45) is 5.92 Å². The first-order valence-corrected chi connectivity index (χ1v) is 11.5. The highest BCUT2D eigenvalue weighted by Crippen LogP contribution is 2.18. The zero-order valence-electron chi connectivity index (χ0n) is 21.4. The van der Waals surface area contributed by atoms with E-state index in [4.69, 9.17) is 18.9 Å². The Morgan fingerprint density at radius 1 is 0.943 bits per heavy atom. The Morgan fingerprint density at radius 2 is 1.54 bits per heavy atom. The fourth-order valence-corrected chi connectivity index (χ4v) is 2.76. The molecule has 0 aliphatic heterocycles. The lowest BCUT2D eigenvalue weighted by atomic mass is 10.0. The van der Waals surface area contributed by atoms with Gasteiger partial charge in [0, 0.05) is 5.92 Å². The van der Waals surface area contributed by atoms with Gasteiger partial charge < -0.3 is 29.4 Å². The van der Waals surface area contributed by atoms with E-state index in [1.165, 1.54) is 13.8 Å². The predicted molar refractivity (Wildman–Crippen MR) is 126 cm³/mol. The van der Waals surface area contributed by atoms with Crippen molar-refractivity contribution in [2.75, 3.05) is 0 Å². The normalized spacial score (nSPS) is 15.5. The van der Waals surface area contributed by atoms with Crippen LogP contribution in [0.15, 0.2) is 30.3 Å². The number of hydrogen-bond acceptors (Lipinski definition) is 9. The summed E-state index contributed by atoms with van der Waals surface area (Å²) in [6, 6.07) is 7.39. The number of benzene rings is 1. The van der Waals surface area contributed by atoms with Crippen molar-refractivity contribution in [3.05, 3.63) is 35.9 Å². The lowest BCUT2D eigenvalue weighted by molar-refractivity contribution is -0.186. The highest BCUT2D eigenvalue weighted by atomic mass is 16.6. The van der Waals surface area contributed by atoms with Gasteiger partial charge in [0.25, 0.3) is 0 Å². The van der Waals surface area contributed by atoms with Crippen LogP contribution in [0.2, 0.25) is 0 Å². The summed E-state index contributed by atoms with van der Waals surface area (Å²) in [7, 11) is 0. The number of amides is 1. The summed E-state index contributed by atoms with van der Waals surface area (Å²) >= 11 is 0. The molecule has 10 nitrogen and oxygen atoms in total. The van der Waals surface area contributed by atoms with Crippen LogP contribution in [0.25, 0.3) is 0 Å². The van der Waals surface area contributed by atoms with Crippen molar-refractivity contribution in [3.63, 3.8) is 0 Å². The van der Waals surface area contributed by atoms with Gasteiger partial charge in [-0.25, -0.2) is 19.2 Å². The van der Waals surface area contributed by atoms with Crippen LogP contribution in [0.1, 0.15) is 60.5 Å². The molecule has 0 saturated carbocycles. The predicted octanol–water partition coefficient (Wildman–Crippen LogP) is 2.89. The van der Waals surface area contributed by atoms with E-state index in [1.807, 2.05) is 13.0 Å². The fourth-order valence-electron chi connectivity index (χ4n) is 2.76. The maximum Gasteiger partial charge on any atom is 0.408 e. The van der Waals surface area contributed by atoms with Crippen molar-refractivity contribution in [3.8, 4) is 0 Å². The smallest absolute Gasteiger partial charge is 0.408 e. The third kappa shape index (κ3) is 10.8. The number of hydrogen-bond donors (Lipinski definition) is 2. The molecule has 0 aromatic heterocycles. The van der Waals surface area contributed by atoms with Gasteiger partial charge in [-0.2, -0.15) is 0 Å². The molecule has 0 unspecified atom stereocenters. The molecule has 0 saturated heterocycles. The van der Waals surface area contributed by atoms with E-state index in [0.29, 0.717) is 6.42 Å². The van der Waals surface area contributed by atoms with Crippen LogP contribution < -0.4 is 5.32 Å². The van der Waals surface area contributed by atoms with Gasteiger partial charge in [0.1, 0.15) is 12.2 Å². The van der Waals surface area contributed by atoms with E-state index in [2.05, 4.69) is 5.32 Å². The lowest BCUT2D eigenvalue weighted by Gasteiger charge is -2.28. The van der Waals surface area contributed by atoms with E-state index in [0.717, 1.165) is 5.56 Å². The molecule has 1 aromatic carbocycles. The largest absolute Gasteiger partial charge is 0.457 e. The molecule has 1 rings (SSSR count). The number of carbonyl (C=O) groups is 4. The Balaban J connectivity index is 2.74. The molecule has 2 N–H and O–H groups in total. The molecule has 35 heavy (non-hydrogen) atoms. The van der Waals surface area contributed by atoms with Gasteiger partial charge in [-0.1, -0.05) is 44.2 Å². The molecular weight excluding hydrogens is 458 g/mol. The Kier molecular flexibility index (Phi) is 11.7. The molecule has 5 atom stereocenters. The molecule has 0 heterocycles. The highest BCUT2D eigenvalue weighted by Gasteiger charge is 2.36. The van der Waals surface area contributed by atoms with Gasteiger partial charge in [-0.05, 0) is 46.6 Å². The van der Waals surface area contributed by atoms with Crippen molar-refractivity contribution in [2.45, 2.75) is 91.4 Å². The van der Waals surface area contributed by atoms with Crippen LogP contribution in [0.4, 0.5) is 4.79 Å². The Morgan fingerprint density at radius 3 is 2.06 bits per heavy atom. The van der Waals surface area contributed by atoms with Gasteiger partial charge in [-0.3, -0.25) is 0 Å². The first kappa shape index (κ1) is 29.9. The van der Waals surface area contributed by atoms with E-state index >= 15 is 0 Å². The van der Waals surface area contributed by atoms with Gasteiger partial charge in [0.15, 0.2) is 12.1 Å². The van der Waals surface area contributed by atoms with Crippen molar-refractivity contribution in [1.82, 2.24) is 5.32 Å². The highest BCUT2D eigenvalue weighted by molar-refractivity contribution is 5.86. The number of nitrogens with one attached hydrogen (secondary N) is 1. The second kappa shape index (κ2) is 13.7. The van der Waals surface area contributed by atoms with Crippen molar-refractivity contribution < 1.29 is 43.2 Å². The van der Waals surface area contributed by atoms with Crippen LogP contribution in [-0.2, 0) is 39.9 Å². The SMILES string of the molecule is CC[C@H](C)[C@H](OC(=O)[C@H](C)OC(=O)[C@H](NC(=O)OCc1ccccc1)[C@@H](C)O)C(=O)OC(C)(C)C. The Hall–Kier alpha value is -3.14. The molecule has 0 radical (unpaired) electrons. The monoisotopic (exact) mass is 495 g/mol. The van der Waals surface area contributed by atoms with Crippen LogP contribution in [0.5, 0.6) is 0 Å². The number of carbonyl (C=O) groups excluding carboxylic acids is 4. The van der Waals surface area contributed by atoms with Gasteiger partial charge in [0.2, 0.25) is 6.10 Å². The average Bonchev–Trinajstić information content (AvgIpc) is 2.77. The maximum atomic E-state index is 12.6. The summed E-state index contributed by atoms with van der Waals surface area (Å²) in [5.41, 5.74) is -0.0468. The van der Waals surface area contributed by atoms with Gasteiger partial charge in [-0.15, -0.1) is 0 Å². The summed E-state index contributed by atoms with van der Waals surface area (Å²) in [5, 5.41) is 12.2. The first-order chi connectivity index (χ1) is 16.2. The zero-order valence-corrected chi connectivity index (χ0v) is 21.4. The standard InChI is InChI=1S/C25H37NO9/c1-8-15(2)20(23(30)35-25(5,6)7)34-21(28)17(4)33-22(29)19(16(3)27)26-24(31)32-14-18-12-10-9-11-13-18/h9-13,15-17,19-20,27H,8,14H2,1-7H3,(H,26,31)/t15-,16+,17-,19+,20-/m0/s1. The van der Waals surface area contributed by atoms with E-state index in [-0.39, 0.29) is 12.5 Å². The molecule has 0 aliphatic rings. The minimum atomic E-state index is -1.50. The lowest BCUT2D eigenvalue weighted by Crippen LogP contribution is -2.50. The molecule has 0 aliphatic carbocycles. The third-order valence-corrected chi connectivity index (χ3v) is 4.89. The minimum absolute atomic E-state index is 0.0430. The number of alkyl carbamates (subject to hydrolysis) is 1. The van der Waals surface area contributed by atoms with Crippen LogP contribution in [0, 0.1) is 5.92 Å². The van der Waals surface area contributed by atoms with Crippen LogP contribution in [-0.4, -0.2) is 59.1 Å². The van der Waals surface area contributed by atoms with Crippen LogP contribution >= 0.6 is 0 Å². The molecule has 1 aromatic rings. The number of ether oxygens (including phenoxy) is 4. The van der Waals surface area contributed by atoms with E-state index < -0.39 is 54.0 Å². The second-order valence-electron chi connectivity index (χ2n) is 9.28. The number of aliphatic hydroxyl groups excluding tert-OH is 1. The summed E-state index contributed by atoms with van der Waals surface area (Å²) in [5.74, 6) is -3.09. The van der Waals surface area contributed by atoms with Gasteiger partial charge in [0.05, 0.1) is 6.10 Å². The second-order valence-corrected chi connectivity index (χ2v) is 9.28. The fraction of sp³-hybridized carbons (Fsp3) is 0.600. The molecule has 0 fully saturated rings. The summed E-state index contributed by atoms with van der Waals surface area (Å²) in [6.45, 7) is 11.1.